The fraction of sp³-hybridized carbons (Fsp3) is 0.333. The highest BCUT2D eigenvalue weighted by molar-refractivity contribution is 7.81. The van der Waals surface area contributed by atoms with E-state index in [0.29, 0.717) is 5.56 Å². The number of aldehydes is 1. The molecular formula is C18H19FN2OS. The van der Waals surface area contributed by atoms with Crippen LogP contribution in [0.1, 0.15) is 47.8 Å². The van der Waals surface area contributed by atoms with Crippen LogP contribution in [0.3, 0.4) is 0 Å². The number of nitrogens with zero attached hydrogens (tertiary/aromatic N) is 2. The zero-order valence-corrected chi connectivity index (χ0v) is 14.1. The lowest BCUT2D eigenvalue weighted by molar-refractivity contribution is 0.112. The Morgan fingerprint density at radius 3 is 2.61 bits per heavy atom. The number of anilines is 1. The van der Waals surface area contributed by atoms with Gasteiger partial charge in [-0.1, -0.05) is 38.8 Å². The molecule has 2 aromatic rings. The Balaban J connectivity index is 2.34. The second kappa shape index (κ2) is 6.32. The lowest BCUT2D eigenvalue weighted by atomic mass is 9.88. The largest absolute Gasteiger partial charge is 0.303 e. The van der Waals surface area contributed by atoms with E-state index in [1.807, 2.05) is 18.2 Å². The van der Waals surface area contributed by atoms with Gasteiger partial charge in [0.2, 0.25) is 0 Å². The molecule has 3 nitrogen and oxygen atoms in total. The summed E-state index contributed by atoms with van der Waals surface area (Å²) in [5.74, 6) is 0.640. The Labute approximate surface area is 141 Å². The van der Waals surface area contributed by atoms with Crippen LogP contribution >= 0.6 is 12.8 Å². The molecule has 0 saturated carbocycles. The van der Waals surface area contributed by atoms with Crippen molar-refractivity contribution < 1.29 is 9.18 Å². The molecule has 0 atom stereocenters. The van der Waals surface area contributed by atoms with Crippen molar-refractivity contribution in [1.82, 2.24) is 4.98 Å². The number of hydrogen-bond donors (Lipinski definition) is 1. The number of rotatable bonds is 3. The van der Waals surface area contributed by atoms with Gasteiger partial charge in [-0.3, -0.25) is 4.79 Å². The van der Waals surface area contributed by atoms with Crippen LogP contribution in [0.5, 0.6) is 0 Å². The topological polar surface area (TPSA) is 33.2 Å². The minimum absolute atomic E-state index is 0.114. The zero-order valence-electron chi connectivity index (χ0n) is 13.2. The molecule has 120 valence electrons. The maximum Gasteiger partial charge on any atom is 0.152 e. The number of hydrogen-bond acceptors (Lipinski definition) is 4. The van der Waals surface area contributed by atoms with Crippen molar-refractivity contribution in [2.45, 2.75) is 32.6 Å². The molecule has 0 unspecified atom stereocenters. The van der Waals surface area contributed by atoms with Crippen molar-refractivity contribution in [2.75, 3.05) is 10.8 Å². The minimum atomic E-state index is -0.288. The Morgan fingerprint density at radius 2 is 2.00 bits per heavy atom. The molecule has 1 aromatic carbocycles. The first-order chi connectivity index (χ1) is 11.0. The van der Waals surface area contributed by atoms with Crippen molar-refractivity contribution in [2.24, 2.45) is 0 Å². The predicted molar refractivity (Wildman–Crippen MR) is 93.8 cm³/mol. The van der Waals surface area contributed by atoms with Crippen LogP contribution in [0.4, 0.5) is 10.2 Å². The highest BCUT2D eigenvalue weighted by Gasteiger charge is 2.26. The van der Waals surface area contributed by atoms with Gasteiger partial charge >= 0.3 is 0 Å². The van der Waals surface area contributed by atoms with Gasteiger partial charge in [0.25, 0.3) is 0 Å². The predicted octanol–water partition coefficient (Wildman–Crippen LogP) is 4.42. The van der Waals surface area contributed by atoms with Crippen LogP contribution in [-0.2, 0) is 6.42 Å². The van der Waals surface area contributed by atoms with E-state index >= 15 is 0 Å². The van der Waals surface area contributed by atoms with Crippen molar-refractivity contribution in [1.29, 1.82) is 0 Å². The summed E-state index contributed by atoms with van der Waals surface area (Å²) in [6.07, 6.45) is 2.66. The number of carbonyl (C=O) groups excluding carboxylic acids is 1. The molecule has 1 aliphatic heterocycles. The van der Waals surface area contributed by atoms with E-state index in [9.17, 15) is 9.18 Å². The van der Waals surface area contributed by atoms with E-state index in [2.05, 4.69) is 12.8 Å². The van der Waals surface area contributed by atoms with E-state index in [1.165, 1.54) is 12.1 Å². The summed E-state index contributed by atoms with van der Waals surface area (Å²) in [6, 6.07) is 6.29. The fourth-order valence-corrected chi connectivity index (χ4v) is 3.42. The molecule has 0 aliphatic carbocycles. The summed E-state index contributed by atoms with van der Waals surface area (Å²) in [7, 11) is 0. The molecule has 2 heterocycles. The van der Waals surface area contributed by atoms with Gasteiger partial charge in [0.1, 0.15) is 11.6 Å². The Morgan fingerprint density at radius 1 is 1.30 bits per heavy atom. The van der Waals surface area contributed by atoms with E-state index in [1.54, 1.807) is 12.1 Å². The molecule has 23 heavy (non-hydrogen) atoms. The van der Waals surface area contributed by atoms with Gasteiger partial charge in [-0.05, 0) is 36.5 Å². The average Bonchev–Trinajstić information content (AvgIpc) is 2.54. The lowest BCUT2D eigenvalue weighted by Gasteiger charge is -2.29. The molecule has 0 spiro atoms. The smallest absolute Gasteiger partial charge is 0.152 e. The lowest BCUT2D eigenvalue weighted by Crippen LogP contribution is -2.23. The molecule has 5 heteroatoms. The molecule has 0 fully saturated rings. The summed E-state index contributed by atoms with van der Waals surface area (Å²) in [6.45, 7) is 4.85. The molecular weight excluding hydrogens is 311 g/mol. The van der Waals surface area contributed by atoms with Crippen molar-refractivity contribution in [3.8, 4) is 11.1 Å². The molecule has 1 aliphatic rings. The second-order valence-corrected chi connectivity index (χ2v) is 6.58. The van der Waals surface area contributed by atoms with Crippen LogP contribution < -0.4 is 4.31 Å². The van der Waals surface area contributed by atoms with Gasteiger partial charge in [0.05, 0.1) is 5.69 Å². The Hall–Kier alpha value is -1.88. The number of pyridine rings is 1. The molecule has 0 N–H and O–H groups in total. The maximum atomic E-state index is 13.3. The summed E-state index contributed by atoms with van der Waals surface area (Å²) in [5, 5.41) is 0. The minimum Gasteiger partial charge on any atom is -0.303 e. The molecule has 0 bridgehead atoms. The third-order valence-corrected chi connectivity index (χ3v) is 4.57. The molecule has 0 amide bonds. The summed E-state index contributed by atoms with van der Waals surface area (Å²) >= 11 is 4.52. The Bertz CT molecular complexity index is 744. The van der Waals surface area contributed by atoms with Crippen LogP contribution in [0.15, 0.2) is 24.3 Å². The number of benzene rings is 1. The van der Waals surface area contributed by atoms with Crippen molar-refractivity contribution in [3.05, 3.63) is 46.9 Å². The number of thiol groups is 1. The van der Waals surface area contributed by atoms with Gasteiger partial charge < -0.3 is 4.31 Å². The van der Waals surface area contributed by atoms with Crippen LogP contribution in [-0.4, -0.2) is 17.8 Å². The average molecular weight is 330 g/mol. The summed E-state index contributed by atoms with van der Waals surface area (Å²) in [5.41, 5.74) is 4.10. The van der Waals surface area contributed by atoms with E-state index in [0.717, 1.165) is 53.9 Å². The number of fused-ring (bicyclic) bond motifs is 1. The fourth-order valence-electron chi connectivity index (χ4n) is 3.11. The first-order valence-corrected chi connectivity index (χ1v) is 8.17. The van der Waals surface area contributed by atoms with Gasteiger partial charge in [-0.15, -0.1) is 0 Å². The van der Waals surface area contributed by atoms with E-state index in [-0.39, 0.29) is 11.7 Å². The highest BCUT2D eigenvalue weighted by atomic mass is 32.1. The summed E-state index contributed by atoms with van der Waals surface area (Å²) in [4.78, 5) is 16.5. The van der Waals surface area contributed by atoms with Gasteiger partial charge in [0, 0.05) is 23.2 Å². The molecule has 0 saturated heterocycles. The second-order valence-electron chi connectivity index (χ2n) is 6.09. The van der Waals surface area contributed by atoms with Gasteiger partial charge in [-0.25, -0.2) is 9.37 Å². The molecule has 0 radical (unpaired) electrons. The third-order valence-electron chi connectivity index (χ3n) is 4.18. The van der Waals surface area contributed by atoms with Crippen LogP contribution in [0, 0.1) is 5.82 Å². The van der Waals surface area contributed by atoms with Crippen molar-refractivity contribution >= 4 is 24.9 Å². The summed E-state index contributed by atoms with van der Waals surface area (Å²) < 4.78 is 15.1. The highest BCUT2D eigenvalue weighted by Crippen LogP contribution is 2.39. The van der Waals surface area contributed by atoms with Crippen LogP contribution in [0.25, 0.3) is 11.1 Å². The van der Waals surface area contributed by atoms with Gasteiger partial charge in [0.15, 0.2) is 6.29 Å². The zero-order chi connectivity index (χ0) is 16.6. The SMILES string of the molecule is CC(C)c1nc2c(c(-c3ccc(F)cc3)c1C=O)CCCN2S. The number of aromatic nitrogens is 1. The monoisotopic (exact) mass is 330 g/mol. The van der Waals surface area contributed by atoms with E-state index in [4.69, 9.17) is 4.98 Å². The van der Waals surface area contributed by atoms with Crippen molar-refractivity contribution in [3.63, 3.8) is 0 Å². The normalized spacial score (nSPS) is 14.0. The quantitative estimate of drug-likeness (QED) is 0.668. The third kappa shape index (κ3) is 2.85. The van der Waals surface area contributed by atoms with Crippen LogP contribution in [0.2, 0.25) is 0 Å². The molecule has 3 rings (SSSR count). The maximum absolute atomic E-state index is 13.3. The van der Waals surface area contributed by atoms with Gasteiger partial charge in [-0.2, -0.15) is 0 Å². The Kier molecular flexibility index (Phi) is 4.39. The number of carbonyl (C=O) groups is 1. The first-order valence-electron chi connectivity index (χ1n) is 7.77. The standard InChI is InChI=1S/C18H19FN2OS/c1-11(2)17-15(10-22)16(12-5-7-13(19)8-6-12)14-4-3-9-21(23)18(14)20-17/h5-8,10-11,23H,3-4,9H2,1-2H3. The molecule has 1 aromatic heterocycles. The number of halogens is 1. The van der Waals surface area contributed by atoms with E-state index < -0.39 is 0 Å². The first kappa shape index (κ1) is 16.0.